The summed E-state index contributed by atoms with van der Waals surface area (Å²) in [5, 5.41) is 43.0. The summed E-state index contributed by atoms with van der Waals surface area (Å²) < 4.78 is 5.54. The van der Waals surface area contributed by atoms with Crippen molar-refractivity contribution in [2.24, 2.45) is 28.6 Å². The molecule has 10 heteroatoms. The summed E-state index contributed by atoms with van der Waals surface area (Å²) in [5.41, 5.74) is -2.89. The maximum atomic E-state index is 12.5. The van der Waals surface area contributed by atoms with Crippen LogP contribution >= 0.6 is 0 Å². The van der Waals surface area contributed by atoms with E-state index in [0.717, 1.165) is 5.57 Å². The number of aliphatic hydroxyl groups excluding tert-OH is 2. The van der Waals surface area contributed by atoms with Crippen molar-refractivity contribution in [3.63, 3.8) is 0 Å². The van der Waals surface area contributed by atoms with Crippen LogP contribution in [0.25, 0.3) is 0 Å². The summed E-state index contributed by atoms with van der Waals surface area (Å²) in [7, 11) is 0. The number of rotatable bonds is 6. The van der Waals surface area contributed by atoms with Crippen LogP contribution in [0.5, 0.6) is 0 Å². The second-order valence-corrected chi connectivity index (χ2v) is 10.6. The van der Waals surface area contributed by atoms with Crippen LogP contribution < -0.4 is 34.7 Å². The van der Waals surface area contributed by atoms with E-state index in [1.807, 2.05) is 6.92 Å². The number of aliphatic carboxylic acids is 1. The molecule has 0 aromatic carbocycles. The van der Waals surface area contributed by atoms with Gasteiger partial charge in [0.25, 0.3) is 0 Å². The molecule has 0 aromatic heterocycles. The predicted octanol–water partition coefficient (Wildman–Crippen LogP) is -3.04. The topological polar surface area (TPSA) is 161 Å². The van der Waals surface area contributed by atoms with Gasteiger partial charge in [-0.05, 0) is 63.4 Å². The largest absolute Gasteiger partial charge is 1.00 e. The van der Waals surface area contributed by atoms with Crippen LogP contribution in [0.3, 0.4) is 0 Å². The molecule has 3 saturated carbocycles. The molecule has 3 N–H and O–H groups in total. The minimum Gasteiger partial charge on any atom is -0.550 e. The third-order valence-electron chi connectivity index (χ3n) is 9.15. The first-order chi connectivity index (χ1) is 15.9. The molecule has 0 aliphatic heterocycles. The molecule has 0 amide bonds. The van der Waals surface area contributed by atoms with Crippen LogP contribution in [0, 0.1) is 28.6 Å². The number of ether oxygens (including phenoxy) is 1. The molecule has 7 atom stereocenters. The Hall–Kier alpha value is -1.36. The van der Waals surface area contributed by atoms with Gasteiger partial charge in [-0.1, -0.05) is 12.5 Å². The van der Waals surface area contributed by atoms with Crippen molar-refractivity contribution in [1.29, 1.82) is 0 Å². The zero-order valence-corrected chi connectivity index (χ0v) is 22.4. The fraction of sp³-hybridized carbons (Fsp3) is 0.680. The van der Waals surface area contributed by atoms with E-state index in [1.165, 1.54) is 12.2 Å². The van der Waals surface area contributed by atoms with Crippen LogP contribution in [0.4, 0.5) is 0 Å². The summed E-state index contributed by atoms with van der Waals surface area (Å²) in [6, 6.07) is 0. The molecule has 0 aromatic rings. The van der Waals surface area contributed by atoms with Crippen molar-refractivity contribution in [3.05, 3.63) is 23.5 Å². The maximum Gasteiger partial charge on any atom is 1.00 e. The summed E-state index contributed by atoms with van der Waals surface area (Å²) in [4.78, 5) is 48.0. The van der Waals surface area contributed by atoms with E-state index in [1.54, 1.807) is 6.92 Å². The molecule has 3 fully saturated rings. The van der Waals surface area contributed by atoms with Gasteiger partial charge in [-0.15, -0.1) is 0 Å². The van der Waals surface area contributed by atoms with Crippen molar-refractivity contribution in [3.8, 4) is 0 Å². The van der Waals surface area contributed by atoms with Crippen molar-refractivity contribution in [2.75, 3.05) is 6.61 Å². The van der Waals surface area contributed by atoms with E-state index in [-0.39, 0.29) is 65.8 Å². The summed E-state index contributed by atoms with van der Waals surface area (Å²) in [6.45, 7) is 2.85. The van der Waals surface area contributed by atoms with Crippen molar-refractivity contribution >= 4 is 23.5 Å². The van der Waals surface area contributed by atoms with E-state index >= 15 is 0 Å². The molecule has 4 aliphatic carbocycles. The van der Waals surface area contributed by atoms with Gasteiger partial charge >= 0.3 is 35.5 Å². The van der Waals surface area contributed by atoms with Crippen LogP contribution in [0.2, 0.25) is 0 Å². The Bertz CT molecular complexity index is 1000. The third-order valence-corrected chi connectivity index (χ3v) is 9.15. The van der Waals surface area contributed by atoms with Gasteiger partial charge in [0.2, 0.25) is 0 Å². The first-order valence-corrected chi connectivity index (χ1v) is 11.8. The Balaban J connectivity index is 0.00000342. The standard InChI is InChI=1S/C25H32O9.Na/c1-23-11-17(28)22-15(16(23)7-8-25(23,33)18(29)12-26)4-3-13-9-14(27)10-19(24(13,22)2)34-21(32)6-5-20(30)31;/h9-10,15-17,22,26,28,33H,3-8,11-12H2,1-2H3,(H,30,31);/q;+1/p-1/t15-,16-,17-,22+,23-,24+,25-;/m0./s1. The van der Waals surface area contributed by atoms with Gasteiger partial charge in [-0.2, -0.15) is 0 Å². The van der Waals surface area contributed by atoms with Gasteiger partial charge < -0.3 is 30.0 Å². The number of hydrogen-bond donors (Lipinski definition) is 3. The minimum absolute atomic E-state index is 0. The van der Waals surface area contributed by atoms with E-state index in [2.05, 4.69) is 0 Å². The van der Waals surface area contributed by atoms with Crippen LogP contribution in [0.1, 0.15) is 58.8 Å². The monoisotopic (exact) mass is 498 g/mol. The molecule has 0 unspecified atom stereocenters. The number of carboxylic acid groups (broad SMARTS) is 1. The molecule has 4 aliphatic rings. The van der Waals surface area contributed by atoms with E-state index < -0.39 is 65.6 Å². The summed E-state index contributed by atoms with van der Waals surface area (Å²) in [6.07, 6.45) is 2.85. The van der Waals surface area contributed by atoms with E-state index in [0.29, 0.717) is 19.3 Å². The quantitative estimate of drug-likeness (QED) is 0.255. The molecule has 0 bridgehead atoms. The average molecular weight is 499 g/mol. The number of ketones is 2. The smallest absolute Gasteiger partial charge is 0.550 e. The number of esters is 1. The number of hydrogen-bond acceptors (Lipinski definition) is 9. The van der Waals surface area contributed by atoms with Crippen LogP contribution in [0.15, 0.2) is 23.5 Å². The number of Topliss-reactive ketones (excluding diaryl/α,β-unsaturated/α-hetero) is 1. The van der Waals surface area contributed by atoms with Crippen LogP contribution in [-0.2, 0) is 23.9 Å². The number of carbonyl (C=O) groups is 4. The zero-order valence-electron chi connectivity index (χ0n) is 20.4. The van der Waals surface area contributed by atoms with Gasteiger partial charge in [0.15, 0.2) is 11.6 Å². The second-order valence-electron chi connectivity index (χ2n) is 10.6. The van der Waals surface area contributed by atoms with Crippen molar-refractivity contribution < 1.29 is 73.9 Å². The molecule has 186 valence electrons. The third kappa shape index (κ3) is 4.28. The molecular weight excluding hydrogens is 467 g/mol. The zero-order chi connectivity index (χ0) is 25.1. The SMILES string of the molecule is C[C@@]12C(=CC(=O)C=C1OC(=O)CCC(=O)[O-])CC[C@@H]1[C@@H]2[C@@H](O)C[C@@]2(C)[C@H]1CC[C@]2(O)C(=O)CO.[Na+]. The fourth-order valence-electron chi connectivity index (χ4n) is 7.51. The predicted molar refractivity (Wildman–Crippen MR) is 114 cm³/mol. The van der Waals surface area contributed by atoms with Gasteiger partial charge in [-0.3, -0.25) is 14.4 Å². The van der Waals surface area contributed by atoms with Crippen molar-refractivity contribution in [2.45, 2.75) is 70.5 Å². The Morgan fingerprint density at radius 2 is 1.86 bits per heavy atom. The molecular formula is C25H31NaO9. The second kappa shape index (κ2) is 9.84. The Morgan fingerprint density at radius 1 is 1.17 bits per heavy atom. The molecule has 0 spiro atoms. The average Bonchev–Trinajstić information content (AvgIpc) is 3.03. The van der Waals surface area contributed by atoms with Gasteiger partial charge in [0, 0.05) is 23.4 Å². The molecule has 9 nitrogen and oxygen atoms in total. The van der Waals surface area contributed by atoms with Gasteiger partial charge in [0.05, 0.1) is 17.9 Å². The molecule has 0 radical (unpaired) electrons. The minimum atomic E-state index is -1.73. The number of carbonyl (C=O) groups excluding carboxylic acids is 4. The van der Waals surface area contributed by atoms with Crippen LogP contribution in [-0.4, -0.2) is 57.1 Å². The fourth-order valence-corrected chi connectivity index (χ4v) is 7.51. The number of aliphatic hydroxyl groups is 3. The number of fused-ring (bicyclic) bond motifs is 5. The van der Waals surface area contributed by atoms with Gasteiger partial charge in [0.1, 0.15) is 18.0 Å². The molecule has 4 rings (SSSR count). The first kappa shape index (κ1) is 28.2. The normalized spacial score (nSPS) is 39.7. The number of carboxylic acids is 1. The summed E-state index contributed by atoms with van der Waals surface area (Å²) in [5.74, 6) is -3.76. The molecule has 35 heavy (non-hydrogen) atoms. The summed E-state index contributed by atoms with van der Waals surface area (Å²) >= 11 is 0. The Labute approximate surface area is 225 Å². The Kier molecular flexibility index (Phi) is 7.93. The van der Waals surface area contributed by atoms with Crippen molar-refractivity contribution in [1.82, 2.24) is 0 Å². The van der Waals surface area contributed by atoms with E-state index in [4.69, 9.17) is 4.74 Å². The maximum absolute atomic E-state index is 12.5. The number of allylic oxidation sites excluding steroid dienone is 3. The van der Waals surface area contributed by atoms with Gasteiger partial charge in [-0.25, -0.2) is 0 Å². The first-order valence-electron chi connectivity index (χ1n) is 11.8. The molecule has 0 heterocycles. The Morgan fingerprint density at radius 3 is 2.49 bits per heavy atom. The van der Waals surface area contributed by atoms with E-state index in [9.17, 15) is 39.6 Å². The molecule has 0 saturated heterocycles.